The van der Waals surface area contributed by atoms with E-state index in [1.807, 2.05) is 23.1 Å². The minimum atomic E-state index is -0.146. The molecule has 144 valence electrons. The third-order valence-electron chi connectivity index (χ3n) is 4.89. The molecule has 1 saturated heterocycles. The number of piperazine rings is 1. The summed E-state index contributed by atoms with van der Waals surface area (Å²) in [5.41, 5.74) is 2.07. The zero-order chi connectivity index (χ0) is 19.3. The molecule has 1 aliphatic rings. The standard InChI is InChI=1S/C21H22N4O2S/c26-19-8-4-5-9-25(19)15-20(27)24-12-10-23(11-13-24)14-18-16-28-21(22-18)17-6-2-1-3-7-17/h1-9,16H,10-15H2. The van der Waals surface area contributed by atoms with Crippen LogP contribution in [0.4, 0.5) is 0 Å². The van der Waals surface area contributed by atoms with Crippen molar-refractivity contribution in [3.8, 4) is 10.6 Å². The molecule has 0 bridgehead atoms. The van der Waals surface area contributed by atoms with Crippen LogP contribution in [0.25, 0.3) is 10.6 Å². The summed E-state index contributed by atoms with van der Waals surface area (Å²) >= 11 is 1.66. The Morgan fingerprint density at radius 2 is 1.75 bits per heavy atom. The van der Waals surface area contributed by atoms with Gasteiger partial charge < -0.3 is 9.47 Å². The van der Waals surface area contributed by atoms with Crippen LogP contribution in [0.5, 0.6) is 0 Å². The van der Waals surface area contributed by atoms with Gasteiger partial charge in [-0.15, -0.1) is 11.3 Å². The summed E-state index contributed by atoms with van der Waals surface area (Å²) in [5.74, 6) is -0.00651. The number of carbonyl (C=O) groups excluding carboxylic acids is 1. The van der Waals surface area contributed by atoms with Crippen LogP contribution in [0.1, 0.15) is 5.69 Å². The van der Waals surface area contributed by atoms with E-state index in [1.165, 1.54) is 10.6 Å². The molecule has 0 unspecified atom stereocenters. The Labute approximate surface area is 167 Å². The predicted octanol–water partition coefficient (Wildman–Crippen LogP) is 2.32. The number of aromatic nitrogens is 2. The van der Waals surface area contributed by atoms with Crippen LogP contribution in [0.2, 0.25) is 0 Å². The van der Waals surface area contributed by atoms with Gasteiger partial charge in [0.05, 0.1) is 5.69 Å². The maximum absolute atomic E-state index is 12.5. The number of benzene rings is 1. The van der Waals surface area contributed by atoms with Crippen LogP contribution in [-0.2, 0) is 17.9 Å². The second-order valence-electron chi connectivity index (χ2n) is 6.83. The molecule has 1 amide bonds. The Morgan fingerprint density at radius 1 is 1.00 bits per heavy atom. The highest BCUT2D eigenvalue weighted by Crippen LogP contribution is 2.24. The first kappa shape index (κ1) is 18.6. The molecule has 0 N–H and O–H groups in total. The molecule has 0 spiro atoms. The van der Waals surface area contributed by atoms with Crippen LogP contribution >= 0.6 is 11.3 Å². The van der Waals surface area contributed by atoms with Crippen LogP contribution < -0.4 is 5.56 Å². The molecule has 1 aromatic carbocycles. The Bertz CT molecular complexity index is 991. The van der Waals surface area contributed by atoms with Crippen molar-refractivity contribution in [2.75, 3.05) is 26.2 Å². The lowest BCUT2D eigenvalue weighted by atomic mass is 10.2. The number of carbonyl (C=O) groups is 1. The zero-order valence-corrected chi connectivity index (χ0v) is 16.3. The van der Waals surface area contributed by atoms with E-state index < -0.39 is 0 Å². The summed E-state index contributed by atoms with van der Waals surface area (Å²) in [7, 11) is 0. The zero-order valence-electron chi connectivity index (χ0n) is 15.5. The van der Waals surface area contributed by atoms with E-state index in [-0.39, 0.29) is 18.0 Å². The van der Waals surface area contributed by atoms with Crippen LogP contribution in [0, 0.1) is 0 Å². The molecule has 28 heavy (non-hydrogen) atoms. The fraction of sp³-hybridized carbons (Fsp3) is 0.286. The molecule has 0 radical (unpaired) electrons. The van der Waals surface area contributed by atoms with E-state index >= 15 is 0 Å². The van der Waals surface area contributed by atoms with Crippen molar-refractivity contribution in [3.05, 3.63) is 76.2 Å². The molecule has 6 nitrogen and oxygen atoms in total. The number of thiazole rings is 1. The number of amides is 1. The van der Waals surface area contributed by atoms with Gasteiger partial charge >= 0.3 is 0 Å². The number of pyridine rings is 1. The smallest absolute Gasteiger partial charge is 0.250 e. The highest BCUT2D eigenvalue weighted by molar-refractivity contribution is 7.13. The monoisotopic (exact) mass is 394 g/mol. The molecule has 0 aliphatic carbocycles. The highest BCUT2D eigenvalue weighted by atomic mass is 32.1. The van der Waals surface area contributed by atoms with Crippen molar-refractivity contribution in [3.63, 3.8) is 0 Å². The minimum Gasteiger partial charge on any atom is -0.339 e. The number of rotatable bonds is 5. The average Bonchev–Trinajstić information content (AvgIpc) is 3.19. The fourth-order valence-electron chi connectivity index (χ4n) is 3.31. The Morgan fingerprint density at radius 3 is 2.50 bits per heavy atom. The Hall–Kier alpha value is -2.77. The molecule has 0 atom stereocenters. The largest absolute Gasteiger partial charge is 0.339 e. The lowest BCUT2D eigenvalue weighted by molar-refractivity contribution is -0.133. The van der Waals surface area contributed by atoms with E-state index in [1.54, 1.807) is 29.7 Å². The SMILES string of the molecule is O=C(Cn1ccccc1=O)N1CCN(Cc2csc(-c3ccccc3)n2)CC1. The fourth-order valence-corrected chi connectivity index (χ4v) is 4.13. The van der Waals surface area contributed by atoms with Crippen molar-refractivity contribution in [2.45, 2.75) is 13.1 Å². The summed E-state index contributed by atoms with van der Waals surface area (Å²) < 4.78 is 1.45. The summed E-state index contributed by atoms with van der Waals surface area (Å²) in [6, 6.07) is 15.1. The molecule has 2 aromatic heterocycles. The predicted molar refractivity (Wildman–Crippen MR) is 110 cm³/mol. The van der Waals surface area contributed by atoms with Gasteiger partial charge in [-0.05, 0) is 6.07 Å². The van der Waals surface area contributed by atoms with Gasteiger partial charge in [0.25, 0.3) is 5.56 Å². The van der Waals surface area contributed by atoms with Crippen molar-refractivity contribution < 1.29 is 4.79 Å². The van der Waals surface area contributed by atoms with E-state index in [9.17, 15) is 9.59 Å². The molecular formula is C21H22N4O2S. The molecule has 1 fully saturated rings. The van der Waals surface area contributed by atoms with Gasteiger partial charge in [0.1, 0.15) is 11.6 Å². The summed E-state index contributed by atoms with van der Waals surface area (Å²) in [6.07, 6.45) is 1.66. The summed E-state index contributed by atoms with van der Waals surface area (Å²) in [6.45, 7) is 3.88. The second-order valence-corrected chi connectivity index (χ2v) is 7.69. The molecule has 0 saturated carbocycles. The second kappa shape index (κ2) is 8.50. The first-order chi connectivity index (χ1) is 13.7. The van der Waals surface area contributed by atoms with Gasteiger partial charge in [-0.1, -0.05) is 36.4 Å². The van der Waals surface area contributed by atoms with E-state index in [0.717, 1.165) is 35.9 Å². The number of nitrogens with zero attached hydrogens (tertiary/aromatic N) is 4. The molecule has 3 heterocycles. The van der Waals surface area contributed by atoms with Crippen molar-refractivity contribution >= 4 is 17.2 Å². The topological polar surface area (TPSA) is 58.4 Å². The number of hydrogen-bond acceptors (Lipinski definition) is 5. The van der Waals surface area contributed by atoms with Gasteiger partial charge in [-0.3, -0.25) is 14.5 Å². The molecular weight excluding hydrogens is 372 g/mol. The van der Waals surface area contributed by atoms with Crippen molar-refractivity contribution in [2.24, 2.45) is 0 Å². The first-order valence-electron chi connectivity index (χ1n) is 9.34. The molecule has 7 heteroatoms. The molecule has 1 aliphatic heterocycles. The Kier molecular flexibility index (Phi) is 5.64. The normalized spacial score (nSPS) is 14.9. The van der Waals surface area contributed by atoms with Gasteiger partial charge in [-0.2, -0.15) is 0 Å². The number of hydrogen-bond donors (Lipinski definition) is 0. The third-order valence-corrected chi connectivity index (χ3v) is 5.83. The highest BCUT2D eigenvalue weighted by Gasteiger charge is 2.22. The van der Waals surface area contributed by atoms with Crippen LogP contribution in [-0.4, -0.2) is 51.4 Å². The van der Waals surface area contributed by atoms with Crippen LogP contribution in [0.3, 0.4) is 0 Å². The van der Waals surface area contributed by atoms with Gasteiger partial charge in [0, 0.05) is 55.9 Å². The van der Waals surface area contributed by atoms with Gasteiger partial charge in [0.2, 0.25) is 5.91 Å². The van der Waals surface area contributed by atoms with Crippen molar-refractivity contribution in [1.29, 1.82) is 0 Å². The average molecular weight is 395 g/mol. The van der Waals surface area contributed by atoms with E-state index in [2.05, 4.69) is 22.4 Å². The van der Waals surface area contributed by atoms with Gasteiger partial charge in [-0.25, -0.2) is 4.98 Å². The first-order valence-corrected chi connectivity index (χ1v) is 10.2. The van der Waals surface area contributed by atoms with Crippen LogP contribution in [0.15, 0.2) is 64.9 Å². The lowest BCUT2D eigenvalue weighted by Crippen LogP contribution is -2.49. The third kappa shape index (κ3) is 4.37. The lowest BCUT2D eigenvalue weighted by Gasteiger charge is -2.34. The maximum Gasteiger partial charge on any atom is 0.250 e. The Balaban J connectivity index is 1.30. The quantitative estimate of drug-likeness (QED) is 0.666. The van der Waals surface area contributed by atoms with E-state index in [4.69, 9.17) is 4.98 Å². The van der Waals surface area contributed by atoms with E-state index in [0.29, 0.717) is 13.1 Å². The molecule has 3 aromatic rings. The summed E-state index contributed by atoms with van der Waals surface area (Å²) in [5, 5.41) is 3.15. The van der Waals surface area contributed by atoms with Gasteiger partial charge in [0.15, 0.2) is 0 Å². The maximum atomic E-state index is 12.5. The molecule has 4 rings (SSSR count). The minimum absolute atomic E-state index is 0.00651. The summed E-state index contributed by atoms with van der Waals surface area (Å²) in [4.78, 5) is 33.2. The van der Waals surface area contributed by atoms with Crippen molar-refractivity contribution in [1.82, 2.24) is 19.4 Å².